The Hall–Kier alpha value is -2.14. The molecule has 0 bridgehead atoms. The average Bonchev–Trinajstić information content (AvgIpc) is 3.05. The van der Waals surface area contributed by atoms with Crippen LogP contribution in [0, 0.1) is 5.92 Å². The fourth-order valence-corrected chi connectivity index (χ4v) is 4.94. The van der Waals surface area contributed by atoms with E-state index in [-0.39, 0.29) is 12.1 Å². The lowest BCUT2D eigenvalue weighted by molar-refractivity contribution is 0.0104. The Balaban J connectivity index is 1.41. The van der Waals surface area contributed by atoms with E-state index in [4.69, 9.17) is 4.74 Å². The third-order valence-electron chi connectivity index (χ3n) is 6.17. The summed E-state index contributed by atoms with van der Waals surface area (Å²) in [5.74, 6) is 0.613. The Kier molecular flexibility index (Phi) is 5.77. The van der Waals surface area contributed by atoms with Crippen LogP contribution in [0.1, 0.15) is 58.6 Å². The van der Waals surface area contributed by atoms with Crippen molar-refractivity contribution in [2.75, 3.05) is 6.54 Å². The molecule has 5 nitrogen and oxygen atoms in total. The van der Waals surface area contributed by atoms with Crippen molar-refractivity contribution in [3.8, 4) is 0 Å². The summed E-state index contributed by atoms with van der Waals surface area (Å²) in [7, 11) is 0. The number of aromatic nitrogens is 1. The summed E-state index contributed by atoms with van der Waals surface area (Å²) < 4.78 is 5.76. The van der Waals surface area contributed by atoms with Gasteiger partial charge in [-0.1, -0.05) is 37.1 Å². The summed E-state index contributed by atoms with van der Waals surface area (Å²) in [5, 5.41) is 5.92. The van der Waals surface area contributed by atoms with Crippen LogP contribution < -0.4 is 5.32 Å². The highest BCUT2D eigenvalue weighted by atomic mass is 16.6. The highest BCUT2D eigenvalue weighted by molar-refractivity contribution is 5.81. The second-order valence-corrected chi connectivity index (χ2v) is 9.54. The van der Waals surface area contributed by atoms with Crippen molar-refractivity contribution in [2.24, 2.45) is 5.92 Å². The van der Waals surface area contributed by atoms with Crippen LogP contribution in [-0.2, 0) is 11.3 Å². The molecule has 2 aromatic rings. The molecule has 0 spiro atoms. The van der Waals surface area contributed by atoms with E-state index in [1.54, 1.807) is 0 Å². The third-order valence-corrected chi connectivity index (χ3v) is 6.17. The van der Waals surface area contributed by atoms with Crippen molar-refractivity contribution in [1.82, 2.24) is 15.2 Å². The number of ether oxygens (including phenoxy) is 1. The molecule has 3 atom stereocenters. The Morgan fingerprint density at radius 3 is 2.76 bits per heavy atom. The molecule has 2 fully saturated rings. The minimum Gasteiger partial charge on any atom is -0.444 e. The maximum Gasteiger partial charge on any atom is 0.410 e. The minimum absolute atomic E-state index is 0.150. The first kappa shape index (κ1) is 20.1. The fraction of sp³-hybridized carbons (Fsp3) is 0.583. The molecule has 5 heteroatoms. The second-order valence-electron chi connectivity index (χ2n) is 9.54. The normalized spacial score (nSPS) is 24.5. The van der Waals surface area contributed by atoms with Crippen LogP contribution in [0.4, 0.5) is 4.79 Å². The van der Waals surface area contributed by atoms with Gasteiger partial charge < -0.3 is 15.0 Å². The van der Waals surface area contributed by atoms with Crippen LogP contribution in [0.5, 0.6) is 0 Å². The Labute approximate surface area is 173 Å². The van der Waals surface area contributed by atoms with E-state index in [1.807, 2.05) is 33.0 Å². The number of nitrogens with one attached hydrogen (secondary N) is 1. The van der Waals surface area contributed by atoms with Gasteiger partial charge in [0.1, 0.15) is 5.60 Å². The number of amides is 1. The number of nitrogens with zero attached hydrogens (tertiary/aromatic N) is 2. The maximum atomic E-state index is 13.0. The van der Waals surface area contributed by atoms with Crippen molar-refractivity contribution in [3.63, 3.8) is 0 Å². The zero-order valence-electron chi connectivity index (χ0n) is 17.9. The maximum absolute atomic E-state index is 13.0. The van der Waals surface area contributed by atoms with Crippen molar-refractivity contribution in [2.45, 2.75) is 77.1 Å². The van der Waals surface area contributed by atoms with Crippen LogP contribution in [-0.4, -0.2) is 40.2 Å². The first-order chi connectivity index (χ1) is 13.9. The number of carbonyl (C=O) groups excluding carboxylic acids is 1. The molecule has 1 aliphatic heterocycles. The van der Waals surface area contributed by atoms with Gasteiger partial charge in [-0.3, -0.25) is 4.98 Å². The standard InChI is InChI=1S/C24H33N3O2/c1-24(2,3)29-23(28)27-21(13-18-9-6-7-11-22(18)27)16-25-15-20-12-17-8-4-5-10-19(17)14-26-20/h4-5,8,10,12,14,18,21-22,25H,6-7,9,11,13,15-16H2,1-3H3/t18-,21+,22-/m0/s1. The fourth-order valence-electron chi connectivity index (χ4n) is 4.94. The van der Waals surface area contributed by atoms with Crippen molar-refractivity contribution < 1.29 is 9.53 Å². The van der Waals surface area contributed by atoms with Gasteiger partial charge in [0.05, 0.1) is 5.69 Å². The lowest BCUT2D eigenvalue weighted by Gasteiger charge is -2.35. The molecular weight excluding hydrogens is 362 g/mol. The van der Waals surface area contributed by atoms with Gasteiger partial charge in [0, 0.05) is 36.8 Å². The minimum atomic E-state index is -0.461. The number of carbonyl (C=O) groups is 1. The Bertz CT molecular complexity index is 861. The number of benzene rings is 1. The number of fused-ring (bicyclic) bond motifs is 2. The average molecular weight is 396 g/mol. The lowest BCUT2D eigenvalue weighted by atomic mass is 9.85. The molecule has 0 radical (unpaired) electrons. The molecule has 1 N–H and O–H groups in total. The quantitative estimate of drug-likeness (QED) is 0.801. The summed E-state index contributed by atoms with van der Waals surface area (Å²) in [6.45, 7) is 7.31. The molecule has 1 saturated heterocycles. The van der Waals surface area contributed by atoms with E-state index >= 15 is 0 Å². The lowest BCUT2D eigenvalue weighted by Crippen LogP contribution is -2.48. The van der Waals surface area contributed by atoms with Crippen LogP contribution in [0.2, 0.25) is 0 Å². The van der Waals surface area contributed by atoms with Gasteiger partial charge in [0.2, 0.25) is 0 Å². The van der Waals surface area contributed by atoms with Crippen LogP contribution >= 0.6 is 0 Å². The monoisotopic (exact) mass is 395 g/mol. The Morgan fingerprint density at radius 1 is 1.21 bits per heavy atom. The zero-order chi connectivity index (χ0) is 20.4. The Morgan fingerprint density at radius 2 is 1.97 bits per heavy atom. The molecule has 1 aromatic carbocycles. The molecule has 1 saturated carbocycles. The largest absolute Gasteiger partial charge is 0.444 e. The van der Waals surface area contributed by atoms with Crippen molar-refractivity contribution in [1.29, 1.82) is 0 Å². The summed E-state index contributed by atoms with van der Waals surface area (Å²) in [6.07, 6.45) is 7.68. The molecule has 29 heavy (non-hydrogen) atoms. The van der Waals surface area contributed by atoms with E-state index < -0.39 is 5.60 Å². The first-order valence-electron chi connectivity index (χ1n) is 11.0. The molecule has 156 valence electrons. The highest BCUT2D eigenvalue weighted by Gasteiger charge is 2.45. The number of hydrogen-bond acceptors (Lipinski definition) is 4. The summed E-state index contributed by atoms with van der Waals surface area (Å²) in [5.41, 5.74) is 0.569. The number of hydrogen-bond donors (Lipinski definition) is 1. The van der Waals surface area contributed by atoms with Crippen molar-refractivity contribution >= 4 is 16.9 Å². The third kappa shape index (κ3) is 4.72. The molecule has 2 aliphatic rings. The topological polar surface area (TPSA) is 54.5 Å². The van der Waals surface area contributed by atoms with Gasteiger partial charge in [-0.2, -0.15) is 0 Å². The molecule has 1 amide bonds. The van der Waals surface area contributed by atoms with E-state index in [1.165, 1.54) is 24.6 Å². The molecule has 0 unspecified atom stereocenters. The predicted molar refractivity (Wildman–Crippen MR) is 116 cm³/mol. The number of rotatable bonds is 4. The molecule has 4 rings (SSSR count). The second kappa shape index (κ2) is 8.31. The molecular formula is C24H33N3O2. The van der Waals surface area contributed by atoms with E-state index in [0.717, 1.165) is 30.5 Å². The van der Waals surface area contributed by atoms with E-state index in [0.29, 0.717) is 18.5 Å². The predicted octanol–water partition coefficient (Wildman–Crippen LogP) is 4.89. The molecule has 1 aliphatic carbocycles. The highest BCUT2D eigenvalue weighted by Crippen LogP contribution is 2.40. The summed E-state index contributed by atoms with van der Waals surface area (Å²) in [6, 6.07) is 11.0. The summed E-state index contributed by atoms with van der Waals surface area (Å²) in [4.78, 5) is 19.6. The van der Waals surface area contributed by atoms with Gasteiger partial charge in [-0.15, -0.1) is 0 Å². The van der Waals surface area contributed by atoms with Crippen molar-refractivity contribution in [3.05, 3.63) is 42.2 Å². The van der Waals surface area contributed by atoms with Gasteiger partial charge in [0.15, 0.2) is 0 Å². The number of pyridine rings is 1. The smallest absolute Gasteiger partial charge is 0.410 e. The summed E-state index contributed by atoms with van der Waals surface area (Å²) >= 11 is 0. The van der Waals surface area contributed by atoms with Crippen LogP contribution in [0.15, 0.2) is 36.5 Å². The molecule has 1 aromatic heterocycles. The van der Waals surface area contributed by atoms with Gasteiger partial charge in [0.25, 0.3) is 0 Å². The van der Waals surface area contributed by atoms with Crippen LogP contribution in [0.3, 0.4) is 0 Å². The number of likely N-dealkylation sites (tertiary alicyclic amines) is 1. The van der Waals surface area contributed by atoms with E-state index in [2.05, 4.69) is 39.5 Å². The SMILES string of the molecule is CC(C)(C)OC(=O)N1[C@@H](CNCc2cc3ccccc3cn2)C[C@@H]2CCCC[C@@H]21. The van der Waals surface area contributed by atoms with Crippen LogP contribution in [0.25, 0.3) is 10.8 Å². The molecule has 2 heterocycles. The van der Waals surface area contributed by atoms with Gasteiger partial charge in [-0.25, -0.2) is 4.79 Å². The first-order valence-corrected chi connectivity index (χ1v) is 11.0. The van der Waals surface area contributed by atoms with Gasteiger partial charge >= 0.3 is 6.09 Å². The van der Waals surface area contributed by atoms with E-state index in [9.17, 15) is 4.79 Å². The van der Waals surface area contributed by atoms with Gasteiger partial charge in [-0.05, 0) is 57.4 Å². The zero-order valence-corrected chi connectivity index (χ0v) is 17.9.